The van der Waals surface area contributed by atoms with Crippen molar-refractivity contribution in [1.29, 1.82) is 0 Å². The Kier molecular flexibility index (Phi) is 2.27. The first-order valence-electron chi connectivity index (χ1n) is 7.34. The van der Waals surface area contributed by atoms with Crippen LogP contribution >= 0.6 is 0 Å². The highest BCUT2D eigenvalue weighted by Gasteiger charge is 2.52. The van der Waals surface area contributed by atoms with Gasteiger partial charge in [0.25, 0.3) is 0 Å². The molecule has 4 aliphatic rings. The van der Waals surface area contributed by atoms with Crippen molar-refractivity contribution in [3.63, 3.8) is 0 Å². The highest BCUT2D eigenvalue weighted by Crippen LogP contribution is 2.61. The number of rotatable bonds is 2. The van der Waals surface area contributed by atoms with Gasteiger partial charge in [-0.15, -0.1) is 0 Å². The fourth-order valence-electron chi connectivity index (χ4n) is 5.45. The molecule has 4 saturated carbocycles. The van der Waals surface area contributed by atoms with E-state index >= 15 is 0 Å². The number of benzene rings is 1. The van der Waals surface area contributed by atoms with Gasteiger partial charge in [-0.05, 0) is 79.9 Å². The van der Waals surface area contributed by atoms with E-state index in [-0.39, 0.29) is 0 Å². The molecule has 5 rings (SSSR count). The third-order valence-electron chi connectivity index (χ3n) is 5.65. The molecule has 0 saturated heterocycles. The SMILES string of the molecule is COc1cc[c]cc1C12CC3CC(CC(C3)C1)C2. The lowest BCUT2D eigenvalue weighted by Crippen LogP contribution is -2.48. The zero-order valence-corrected chi connectivity index (χ0v) is 11.1. The standard InChI is InChI=1S/C17H21O/c1-18-16-5-3-2-4-15(16)17-9-12-6-13(10-17)8-14(7-12)11-17/h3-5,12-14H,6-11H2,1H3. The second kappa shape index (κ2) is 3.76. The molecule has 1 heteroatoms. The number of ether oxygens (including phenoxy) is 1. The van der Waals surface area contributed by atoms with Crippen molar-refractivity contribution in [2.75, 3.05) is 7.11 Å². The van der Waals surface area contributed by atoms with Crippen LogP contribution in [0.1, 0.15) is 44.1 Å². The molecule has 4 bridgehead atoms. The van der Waals surface area contributed by atoms with Crippen LogP contribution < -0.4 is 4.74 Å². The van der Waals surface area contributed by atoms with Gasteiger partial charge in [0.1, 0.15) is 5.75 Å². The minimum absolute atomic E-state index is 0.428. The van der Waals surface area contributed by atoms with Crippen molar-refractivity contribution in [1.82, 2.24) is 0 Å². The molecule has 1 nitrogen and oxygen atoms in total. The smallest absolute Gasteiger partial charge is 0.122 e. The van der Waals surface area contributed by atoms with E-state index in [9.17, 15) is 0 Å². The van der Waals surface area contributed by atoms with Gasteiger partial charge in [-0.25, -0.2) is 0 Å². The van der Waals surface area contributed by atoms with Crippen LogP contribution in [0.15, 0.2) is 18.2 Å². The molecule has 0 spiro atoms. The summed E-state index contributed by atoms with van der Waals surface area (Å²) in [6, 6.07) is 9.55. The van der Waals surface area contributed by atoms with Crippen molar-refractivity contribution >= 4 is 0 Å². The Morgan fingerprint density at radius 2 is 1.72 bits per heavy atom. The average molecular weight is 241 g/mol. The number of methoxy groups -OCH3 is 1. The molecule has 0 amide bonds. The van der Waals surface area contributed by atoms with Crippen LogP contribution in [0.2, 0.25) is 0 Å². The molecule has 0 N–H and O–H groups in total. The topological polar surface area (TPSA) is 9.23 Å². The van der Waals surface area contributed by atoms with Crippen LogP contribution in [0.3, 0.4) is 0 Å². The first-order chi connectivity index (χ1) is 8.79. The molecule has 0 heterocycles. The molecule has 0 aromatic heterocycles. The Morgan fingerprint density at radius 3 is 2.28 bits per heavy atom. The maximum atomic E-state index is 5.61. The minimum atomic E-state index is 0.428. The Balaban J connectivity index is 1.79. The number of hydrogen-bond acceptors (Lipinski definition) is 1. The highest BCUT2D eigenvalue weighted by atomic mass is 16.5. The molecule has 18 heavy (non-hydrogen) atoms. The Hall–Kier alpha value is -0.980. The van der Waals surface area contributed by atoms with Crippen molar-refractivity contribution in [2.45, 2.75) is 43.9 Å². The fourth-order valence-corrected chi connectivity index (χ4v) is 5.45. The third-order valence-corrected chi connectivity index (χ3v) is 5.65. The van der Waals surface area contributed by atoms with Crippen molar-refractivity contribution in [3.8, 4) is 5.75 Å². The summed E-state index contributed by atoms with van der Waals surface area (Å²) >= 11 is 0. The van der Waals surface area contributed by atoms with E-state index in [2.05, 4.69) is 18.2 Å². The van der Waals surface area contributed by atoms with Gasteiger partial charge in [-0.3, -0.25) is 0 Å². The van der Waals surface area contributed by atoms with Gasteiger partial charge in [0.2, 0.25) is 0 Å². The van der Waals surface area contributed by atoms with Gasteiger partial charge in [0.15, 0.2) is 0 Å². The van der Waals surface area contributed by atoms with Gasteiger partial charge in [-0.2, -0.15) is 0 Å². The first kappa shape index (κ1) is 10.9. The summed E-state index contributed by atoms with van der Waals surface area (Å²) in [4.78, 5) is 0. The van der Waals surface area contributed by atoms with E-state index in [1.807, 2.05) is 6.07 Å². The lowest BCUT2D eigenvalue weighted by molar-refractivity contribution is -0.00616. The maximum absolute atomic E-state index is 5.61. The van der Waals surface area contributed by atoms with E-state index in [1.165, 1.54) is 44.1 Å². The van der Waals surface area contributed by atoms with Crippen LogP contribution in [0.25, 0.3) is 0 Å². The zero-order valence-electron chi connectivity index (χ0n) is 11.1. The van der Waals surface area contributed by atoms with Crippen molar-refractivity contribution < 1.29 is 4.74 Å². The van der Waals surface area contributed by atoms with Gasteiger partial charge < -0.3 is 4.74 Å². The first-order valence-corrected chi connectivity index (χ1v) is 7.34. The highest BCUT2D eigenvalue weighted by molar-refractivity contribution is 5.41. The van der Waals surface area contributed by atoms with Crippen molar-refractivity contribution in [2.24, 2.45) is 17.8 Å². The third kappa shape index (κ3) is 1.46. The van der Waals surface area contributed by atoms with Crippen LogP contribution in [0, 0.1) is 23.8 Å². The van der Waals surface area contributed by atoms with Crippen LogP contribution in [-0.4, -0.2) is 7.11 Å². The lowest BCUT2D eigenvalue weighted by atomic mass is 9.48. The van der Waals surface area contributed by atoms with Crippen LogP contribution in [0.4, 0.5) is 0 Å². The molecule has 0 unspecified atom stereocenters. The molecule has 1 radical (unpaired) electrons. The summed E-state index contributed by atoms with van der Waals surface area (Å²) in [6.45, 7) is 0. The van der Waals surface area contributed by atoms with Gasteiger partial charge >= 0.3 is 0 Å². The maximum Gasteiger partial charge on any atom is 0.122 e. The largest absolute Gasteiger partial charge is 0.496 e. The van der Waals surface area contributed by atoms with Gasteiger partial charge in [-0.1, -0.05) is 6.07 Å². The summed E-state index contributed by atoms with van der Waals surface area (Å²) in [5.74, 6) is 4.05. The molecule has 4 fully saturated rings. The summed E-state index contributed by atoms with van der Waals surface area (Å²) in [5, 5.41) is 0. The van der Waals surface area contributed by atoms with Crippen molar-refractivity contribution in [3.05, 3.63) is 29.8 Å². The quantitative estimate of drug-likeness (QED) is 0.761. The van der Waals surface area contributed by atoms with E-state index in [1.54, 1.807) is 7.11 Å². The Morgan fingerprint density at radius 1 is 1.11 bits per heavy atom. The minimum Gasteiger partial charge on any atom is -0.496 e. The predicted octanol–water partition coefficient (Wildman–Crippen LogP) is 3.96. The van der Waals surface area contributed by atoms with E-state index in [0.29, 0.717) is 5.41 Å². The molecule has 1 aromatic carbocycles. The summed E-state index contributed by atoms with van der Waals surface area (Å²) in [7, 11) is 1.80. The molecular weight excluding hydrogens is 220 g/mol. The van der Waals surface area contributed by atoms with E-state index in [0.717, 1.165) is 23.5 Å². The lowest BCUT2D eigenvalue weighted by Gasteiger charge is -2.57. The molecule has 0 aliphatic heterocycles. The van der Waals surface area contributed by atoms with Crippen LogP contribution in [-0.2, 0) is 5.41 Å². The van der Waals surface area contributed by atoms with Gasteiger partial charge in [0, 0.05) is 5.56 Å². The Bertz CT molecular complexity index is 427. The van der Waals surface area contributed by atoms with E-state index in [4.69, 9.17) is 4.74 Å². The summed E-state index contributed by atoms with van der Waals surface area (Å²) in [6.07, 6.45) is 8.68. The zero-order chi connectivity index (χ0) is 12.2. The summed E-state index contributed by atoms with van der Waals surface area (Å²) in [5.41, 5.74) is 1.88. The second-order valence-electron chi connectivity index (χ2n) is 6.82. The molecule has 0 atom stereocenters. The summed E-state index contributed by atoms with van der Waals surface area (Å²) < 4.78 is 5.61. The fraction of sp³-hybridized carbons (Fsp3) is 0.647. The average Bonchev–Trinajstić information content (AvgIpc) is 2.37. The number of hydrogen-bond donors (Lipinski definition) is 0. The Labute approximate surface area is 110 Å². The normalized spacial score (nSPS) is 41.1. The monoisotopic (exact) mass is 241 g/mol. The molecule has 1 aromatic rings. The molecule has 95 valence electrons. The van der Waals surface area contributed by atoms with E-state index < -0.39 is 0 Å². The molecule has 4 aliphatic carbocycles. The predicted molar refractivity (Wildman–Crippen MR) is 71.7 cm³/mol. The molecular formula is C17H21O. The van der Waals surface area contributed by atoms with Crippen LogP contribution in [0.5, 0.6) is 5.75 Å². The van der Waals surface area contributed by atoms with Gasteiger partial charge in [0.05, 0.1) is 7.11 Å². The second-order valence-corrected chi connectivity index (χ2v) is 6.82.